The van der Waals surface area contributed by atoms with Crippen LogP contribution >= 0.6 is 0 Å². The van der Waals surface area contributed by atoms with Crippen LogP contribution in [0.5, 0.6) is 0 Å². The summed E-state index contributed by atoms with van der Waals surface area (Å²) in [6.07, 6.45) is 0. The van der Waals surface area contributed by atoms with Gasteiger partial charge in [0.25, 0.3) is 5.56 Å². The monoisotopic (exact) mass is 312 g/mol. The number of nitrogens with zero attached hydrogens (tertiary/aromatic N) is 2. The van der Waals surface area contributed by atoms with E-state index in [1.165, 1.54) is 5.56 Å². The smallest absolute Gasteiger partial charge is 0.261 e. The van der Waals surface area contributed by atoms with Crippen LogP contribution < -0.4 is 5.56 Å². The standard InChI is InChI=1S/C21H16N2O/c1-23-20(22-19-10-6-5-9-18(19)21(23)24)17-13-11-16(12-14-17)15-7-3-2-4-8-15/h2-14H,1H3. The zero-order chi connectivity index (χ0) is 16.5. The van der Waals surface area contributed by atoms with E-state index in [9.17, 15) is 4.79 Å². The molecule has 0 saturated heterocycles. The molecule has 0 unspecified atom stereocenters. The van der Waals surface area contributed by atoms with Gasteiger partial charge in [0, 0.05) is 12.6 Å². The van der Waals surface area contributed by atoms with Gasteiger partial charge in [0.05, 0.1) is 10.9 Å². The Hall–Kier alpha value is -3.20. The number of hydrogen-bond acceptors (Lipinski definition) is 2. The summed E-state index contributed by atoms with van der Waals surface area (Å²) in [5.41, 5.74) is 3.94. The highest BCUT2D eigenvalue weighted by Gasteiger charge is 2.09. The molecule has 24 heavy (non-hydrogen) atoms. The van der Waals surface area contributed by atoms with Crippen LogP contribution in [-0.4, -0.2) is 9.55 Å². The molecule has 0 saturated carbocycles. The van der Waals surface area contributed by atoms with E-state index in [4.69, 9.17) is 0 Å². The first kappa shape index (κ1) is 14.4. The maximum absolute atomic E-state index is 12.5. The van der Waals surface area contributed by atoms with Gasteiger partial charge in [0.1, 0.15) is 5.82 Å². The van der Waals surface area contributed by atoms with Gasteiger partial charge in [-0.05, 0) is 23.3 Å². The first-order valence-electron chi connectivity index (χ1n) is 7.86. The third kappa shape index (κ3) is 2.40. The number of rotatable bonds is 2. The molecular weight excluding hydrogens is 296 g/mol. The van der Waals surface area contributed by atoms with Gasteiger partial charge < -0.3 is 0 Å². The Morgan fingerprint density at radius 1 is 0.708 bits per heavy atom. The van der Waals surface area contributed by atoms with E-state index in [-0.39, 0.29) is 5.56 Å². The molecule has 3 aromatic carbocycles. The number of hydrogen-bond donors (Lipinski definition) is 0. The van der Waals surface area contributed by atoms with E-state index in [1.807, 2.05) is 54.6 Å². The van der Waals surface area contributed by atoms with Gasteiger partial charge in [-0.15, -0.1) is 0 Å². The molecule has 0 aliphatic rings. The van der Waals surface area contributed by atoms with Crippen LogP contribution in [0.2, 0.25) is 0 Å². The molecular formula is C21H16N2O. The van der Waals surface area contributed by atoms with Crippen molar-refractivity contribution < 1.29 is 0 Å². The van der Waals surface area contributed by atoms with Crippen LogP contribution in [0.15, 0.2) is 83.7 Å². The van der Waals surface area contributed by atoms with Gasteiger partial charge in [-0.2, -0.15) is 0 Å². The van der Waals surface area contributed by atoms with E-state index >= 15 is 0 Å². The highest BCUT2D eigenvalue weighted by atomic mass is 16.1. The van der Waals surface area contributed by atoms with E-state index in [2.05, 4.69) is 29.2 Å². The molecule has 0 amide bonds. The molecule has 3 nitrogen and oxygen atoms in total. The third-order valence-corrected chi connectivity index (χ3v) is 4.23. The quantitative estimate of drug-likeness (QED) is 0.554. The van der Waals surface area contributed by atoms with E-state index in [0.717, 1.165) is 16.6 Å². The van der Waals surface area contributed by atoms with Crippen molar-refractivity contribution >= 4 is 10.9 Å². The van der Waals surface area contributed by atoms with Crippen molar-refractivity contribution in [1.82, 2.24) is 9.55 Å². The fourth-order valence-electron chi connectivity index (χ4n) is 2.92. The number of para-hydroxylation sites is 1. The van der Waals surface area contributed by atoms with Gasteiger partial charge in [-0.3, -0.25) is 9.36 Å². The van der Waals surface area contributed by atoms with Gasteiger partial charge in [-0.25, -0.2) is 4.98 Å². The summed E-state index contributed by atoms with van der Waals surface area (Å²) in [5, 5.41) is 0.643. The molecule has 4 aromatic rings. The van der Waals surface area contributed by atoms with Crippen LogP contribution in [-0.2, 0) is 7.05 Å². The van der Waals surface area contributed by atoms with Gasteiger partial charge in [0.15, 0.2) is 0 Å². The van der Waals surface area contributed by atoms with Crippen molar-refractivity contribution in [3.05, 3.63) is 89.2 Å². The highest BCUT2D eigenvalue weighted by molar-refractivity contribution is 5.80. The average molecular weight is 312 g/mol. The first-order chi connectivity index (χ1) is 11.7. The predicted molar refractivity (Wildman–Crippen MR) is 97.9 cm³/mol. The van der Waals surface area contributed by atoms with Gasteiger partial charge in [0.2, 0.25) is 0 Å². The lowest BCUT2D eigenvalue weighted by atomic mass is 10.0. The second-order valence-corrected chi connectivity index (χ2v) is 5.76. The second-order valence-electron chi connectivity index (χ2n) is 5.76. The van der Waals surface area contributed by atoms with Crippen molar-refractivity contribution in [3.63, 3.8) is 0 Å². The van der Waals surface area contributed by atoms with Crippen LogP contribution in [0.3, 0.4) is 0 Å². The molecule has 1 heterocycles. The lowest BCUT2D eigenvalue weighted by molar-refractivity contribution is 0.856. The van der Waals surface area contributed by atoms with Crippen molar-refractivity contribution in [3.8, 4) is 22.5 Å². The second kappa shape index (κ2) is 5.78. The summed E-state index contributed by atoms with van der Waals surface area (Å²) in [5.74, 6) is 0.679. The normalized spacial score (nSPS) is 10.9. The summed E-state index contributed by atoms with van der Waals surface area (Å²) < 4.78 is 1.61. The van der Waals surface area contributed by atoms with Gasteiger partial charge in [-0.1, -0.05) is 66.7 Å². The summed E-state index contributed by atoms with van der Waals surface area (Å²) >= 11 is 0. The first-order valence-corrected chi connectivity index (χ1v) is 7.86. The Bertz CT molecular complexity index is 1060. The topological polar surface area (TPSA) is 34.9 Å². The van der Waals surface area contributed by atoms with Gasteiger partial charge >= 0.3 is 0 Å². The van der Waals surface area contributed by atoms with Crippen molar-refractivity contribution in [2.24, 2.45) is 7.05 Å². The van der Waals surface area contributed by atoms with Crippen LogP contribution in [0.1, 0.15) is 0 Å². The molecule has 0 aliphatic heterocycles. The minimum atomic E-state index is -0.0252. The van der Waals surface area contributed by atoms with Crippen molar-refractivity contribution in [2.75, 3.05) is 0 Å². The zero-order valence-corrected chi connectivity index (χ0v) is 13.3. The maximum atomic E-state index is 12.5. The molecule has 3 heteroatoms. The molecule has 116 valence electrons. The molecule has 1 aromatic heterocycles. The lowest BCUT2D eigenvalue weighted by Gasteiger charge is -2.10. The summed E-state index contributed by atoms with van der Waals surface area (Å²) in [6, 6.07) is 25.8. The van der Waals surface area contributed by atoms with Crippen LogP contribution in [0.25, 0.3) is 33.4 Å². The molecule has 0 fully saturated rings. The average Bonchev–Trinajstić information content (AvgIpc) is 2.66. The fourth-order valence-corrected chi connectivity index (χ4v) is 2.92. The Morgan fingerprint density at radius 2 is 1.29 bits per heavy atom. The van der Waals surface area contributed by atoms with E-state index in [0.29, 0.717) is 11.2 Å². The van der Waals surface area contributed by atoms with E-state index < -0.39 is 0 Å². The van der Waals surface area contributed by atoms with Crippen molar-refractivity contribution in [1.29, 1.82) is 0 Å². The fraction of sp³-hybridized carbons (Fsp3) is 0.0476. The number of aromatic nitrogens is 2. The molecule has 0 N–H and O–H groups in total. The lowest BCUT2D eigenvalue weighted by Crippen LogP contribution is -2.20. The molecule has 4 rings (SSSR count). The minimum absolute atomic E-state index is 0.0252. The predicted octanol–water partition coefficient (Wildman–Crippen LogP) is 4.27. The van der Waals surface area contributed by atoms with Crippen LogP contribution in [0.4, 0.5) is 0 Å². The van der Waals surface area contributed by atoms with Crippen molar-refractivity contribution in [2.45, 2.75) is 0 Å². The zero-order valence-electron chi connectivity index (χ0n) is 13.3. The minimum Gasteiger partial charge on any atom is -0.295 e. The Morgan fingerprint density at radius 3 is 2.04 bits per heavy atom. The molecule has 0 radical (unpaired) electrons. The third-order valence-electron chi connectivity index (χ3n) is 4.23. The van der Waals surface area contributed by atoms with Crippen LogP contribution in [0, 0.1) is 0 Å². The maximum Gasteiger partial charge on any atom is 0.261 e. The Balaban J connectivity index is 1.83. The van der Waals surface area contributed by atoms with E-state index in [1.54, 1.807) is 11.6 Å². The number of benzene rings is 3. The summed E-state index contributed by atoms with van der Waals surface area (Å²) in [4.78, 5) is 17.2. The summed E-state index contributed by atoms with van der Waals surface area (Å²) in [6.45, 7) is 0. The largest absolute Gasteiger partial charge is 0.295 e. The molecule has 0 atom stereocenters. The highest BCUT2D eigenvalue weighted by Crippen LogP contribution is 2.24. The molecule has 0 aliphatic carbocycles. The SMILES string of the molecule is Cn1c(-c2ccc(-c3ccccc3)cc2)nc2ccccc2c1=O. The number of fused-ring (bicyclic) bond motifs is 1. The Labute approximate surface area is 139 Å². The molecule has 0 spiro atoms. The summed E-state index contributed by atoms with van der Waals surface area (Å²) in [7, 11) is 1.77. The Kier molecular flexibility index (Phi) is 3.47. The molecule has 0 bridgehead atoms.